The number of carbonyl (C=O) groups is 2. The van der Waals surface area contributed by atoms with Gasteiger partial charge in [-0.2, -0.15) is 0 Å². The minimum absolute atomic E-state index is 0.00112. The van der Waals surface area contributed by atoms with Gasteiger partial charge in [0.15, 0.2) is 0 Å². The van der Waals surface area contributed by atoms with Gasteiger partial charge in [-0.05, 0) is 25.7 Å². The van der Waals surface area contributed by atoms with Gasteiger partial charge in [-0.15, -0.1) is 0 Å². The van der Waals surface area contributed by atoms with E-state index in [9.17, 15) is 9.59 Å². The molecule has 2 N–H and O–H groups in total. The first kappa shape index (κ1) is 15.2. The molecule has 0 aromatic carbocycles. The van der Waals surface area contributed by atoms with Crippen LogP contribution < -0.4 is 5.32 Å². The number of carboxylic acid groups (broad SMARTS) is 1. The van der Waals surface area contributed by atoms with Crippen molar-refractivity contribution in [1.82, 2.24) is 9.97 Å². The van der Waals surface area contributed by atoms with Crippen LogP contribution in [0.2, 0.25) is 0 Å². The first-order chi connectivity index (χ1) is 10.0. The average molecular weight is 293 g/mol. The van der Waals surface area contributed by atoms with Gasteiger partial charge in [-0.3, -0.25) is 4.79 Å². The SMILES string of the molecule is COC(=O)c1nc(C)cc(NCC2CCCC2C(=O)O)n1. The summed E-state index contributed by atoms with van der Waals surface area (Å²) in [6, 6.07) is 1.72. The molecule has 2 atom stereocenters. The van der Waals surface area contributed by atoms with Crippen molar-refractivity contribution in [1.29, 1.82) is 0 Å². The summed E-state index contributed by atoms with van der Waals surface area (Å²) in [6.45, 7) is 2.28. The molecule has 0 radical (unpaired) electrons. The number of carbonyl (C=O) groups excluding carboxylic acids is 1. The number of esters is 1. The third-order valence-electron chi connectivity index (χ3n) is 3.74. The Morgan fingerprint density at radius 3 is 2.86 bits per heavy atom. The molecule has 21 heavy (non-hydrogen) atoms. The summed E-state index contributed by atoms with van der Waals surface area (Å²) >= 11 is 0. The van der Waals surface area contributed by atoms with Crippen LogP contribution in [0.15, 0.2) is 6.07 Å². The summed E-state index contributed by atoms with van der Waals surface area (Å²) in [6.07, 6.45) is 2.54. The molecule has 1 saturated carbocycles. The molecule has 0 amide bonds. The predicted molar refractivity (Wildman–Crippen MR) is 75.1 cm³/mol. The number of nitrogens with zero attached hydrogens (tertiary/aromatic N) is 2. The van der Waals surface area contributed by atoms with E-state index < -0.39 is 11.9 Å². The Hall–Kier alpha value is -2.18. The summed E-state index contributed by atoms with van der Waals surface area (Å²) in [5.74, 6) is -1.04. The summed E-state index contributed by atoms with van der Waals surface area (Å²) in [4.78, 5) is 30.7. The van der Waals surface area contributed by atoms with Crippen LogP contribution in [0.5, 0.6) is 0 Å². The topological polar surface area (TPSA) is 101 Å². The van der Waals surface area contributed by atoms with Gasteiger partial charge in [-0.1, -0.05) is 6.42 Å². The van der Waals surface area contributed by atoms with Crippen molar-refractivity contribution in [2.75, 3.05) is 19.0 Å². The van der Waals surface area contributed by atoms with E-state index in [1.54, 1.807) is 13.0 Å². The van der Waals surface area contributed by atoms with Crippen LogP contribution in [-0.2, 0) is 9.53 Å². The Morgan fingerprint density at radius 1 is 1.43 bits per heavy atom. The molecule has 0 saturated heterocycles. The number of hydrogen-bond donors (Lipinski definition) is 2. The van der Waals surface area contributed by atoms with Crippen LogP contribution >= 0.6 is 0 Å². The monoisotopic (exact) mass is 293 g/mol. The summed E-state index contributed by atoms with van der Waals surface area (Å²) in [5, 5.41) is 12.3. The summed E-state index contributed by atoms with van der Waals surface area (Å²) in [5.41, 5.74) is 0.647. The van der Waals surface area contributed by atoms with E-state index >= 15 is 0 Å². The maximum absolute atomic E-state index is 11.5. The first-order valence-electron chi connectivity index (χ1n) is 6.92. The largest absolute Gasteiger partial charge is 0.481 e. The molecule has 1 aliphatic rings. The van der Waals surface area contributed by atoms with Gasteiger partial charge in [0.1, 0.15) is 5.82 Å². The molecule has 2 rings (SSSR count). The van der Waals surface area contributed by atoms with Crippen LogP contribution in [0.3, 0.4) is 0 Å². The zero-order chi connectivity index (χ0) is 15.4. The lowest BCUT2D eigenvalue weighted by atomic mass is 9.96. The smallest absolute Gasteiger partial charge is 0.376 e. The molecule has 114 valence electrons. The highest BCUT2D eigenvalue weighted by Crippen LogP contribution is 2.31. The summed E-state index contributed by atoms with van der Waals surface area (Å²) in [7, 11) is 1.27. The predicted octanol–water partition coefficient (Wildman–Crippen LogP) is 1.48. The van der Waals surface area contributed by atoms with E-state index in [0.717, 1.165) is 19.3 Å². The minimum Gasteiger partial charge on any atom is -0.481 e. The highest BCUT2D eigenvalue weighted by molar-refractivity contribution is 5.85. The van der Waals surface area contributed by atoms with Crippen LogP contribution in [0, 0.1) is 18.8 Å². The lowest BCUT2D eigenvalue weighted by molar-refractivity contribution is -0.142. The highest BCUT2D eigenvalue weighted by atomic mass is 16.5. The molecular formula is C14H19N3O4. The second-order valence-corrected chi connectivity index (χ2v) is 5.23. The number of carboxylic acids is 1. The molecule has 1 heterocycles. The molecule has 0 aliphatic heterocycles. The van der Waals surface area contributed by atoms with Crippen molar-refractivity contribution < 1.29 is 19.4 Å². The number of aliphatic carboxylic acids is 1. The number of aryl methyl sites for hydroxylation is 1. The van der Waals surface area contributed by atoms with Gasteiger partial charge < -0.3 is 15.2 Å². The first-order valence-corrected chi connectivity index (χ1v) is 6.92. The number of ether oxygens (including phenoxy) is 1. The van der Waals surface area contributed by atoms with E-state index in [1.165, 1.54) is 7.11 Å². The zero-order valence-electron chi connectivity index (χ0n) is 12.1. The van der Waals surface area contributed by atoms with Crippen molar-refractivity contribution >= 4 is 17.8 Å². The highest BCUT2D eigenvalue weighted by Gasteiger charge is 2.32. The van der Waals surface area contributed by atoms with E-state index in [0.29, 0.717) is 18.1 Å². The van der Waals surface area contributed by atoms with Crippen LogP contribution in [0.25, 0.3) is 0 Å². The summed E-state index contributed by atoms with van der Waals surface area (Å²) < 4.78 is 4.60. The molecule has 0 spiro atoms. The lowest BCUT2D eigenvalue weighted by Crippen LogP contribution is -2.25. The van der Waals surface area contributed by atoms with Gasteiger partial charge in [0.05, 0.1) is 13.0 Å². The number of aromatic nitrogens is 2. The third kappa shape index (κ3) is 3.68. The fourth-order valence-corrected chi connectivity index (χ4v) is 2.68. The van der Waals surface area contributed by atoms with Crippen molar-refractivity contribution in [2.45, 2.75) is 26.2 Å². The van der Waals surface area contributed by atoms with Gasteiger partial charge in [0, 0.05) is 18.3 Å². The van der Waals surface area contributed by atoms with Gasteiger partial charge in [-0.25, -0.2) is 14.8 Å². The molecule has 7 heteroatoms. The molecule has 1 aromatic heterocycles. The second kappa shape index (κ2) is 6.51. The standard InChI is InChI=1S/C14H19N3O4/c1-8-6-11(17-12(16-8)14(20)21-2)15-7-9-4-3-5-10(9)13(18)19/h6,9-10H,3-5,7H2,1-2H3,(H,18,19)(H,15,16,17). The maximum atomic E-state index is 11.5. The molecule has 1 aliphatic carbocycles. The number of rotatable bonds is 5. The Kier molecular flexibility index (Phi) is 4.72. The number of hydrogen-bond acceptors (Lipinski definition) is 6. The van der Waals surface area contributed by atoms with Crippen molar-refractivity contribution in [3.05, 3.63) is 17.6 Å². The Morgan fingerprint density at radius 2 is 2.19 bits per heavy atom. The second-order valence-electron chi connectivity index (χ2n) is 5.23. The number of anilines is 1. The normalized spacial score (nSPS) is 21.0. The van der Waals surface area contributed by atoms with Gasteiger partial charge >= 0.3 is 11.9 Å². The van der Waals surface area contributed by atoms with E-state index in [2.05, 4.69) is 20.0 Å². The quantitative estimate of drug-likeness (QED) is 0.793. The Bertz CT molecular complexity index is 547. The molecule has 1 aromatic rings. The van der Waals surface area contributed by atoms with Crippen molar-refractivity contribution in [3.63, 3.8) is 0 Å². The van der Waals surface area contributed by atoms with Crippen molar-refractivity contribution in [3.8, 4) is 0 Å². The Balaban J connectivity index is 2.04. The fourth-order valence-electron chi connectivity index (χ4n) is 2.68. The lowest BCUT2D eigenvalue weighted by Gasteiger charge is -2.17. The van der Waals surface area contributed by atoms with Gasteiger partial charge in [0.2, 0.25) is 5.82 Å². The molecule has 2 unspecified atom stereocenters. The Labute approximate surface area is 122 Å². The van der Waals surface area contributed by atoms with E-state index in [-0.39, 0.29) is 17.7 Å². The number of nitrogens with one attached hydrogen (secondary N) is 1. The zero-order valence-corrected chi connectivity index (χ0v) is 12.1. The molecule has 0 bridgehead atoms. The van der Waals surface area contributed by atoms with E-state index in [4.69, 9.17) is 5.11 Å². The maximum Gasteiger partial charge on any atom is 0.376 e. The molecule has 1 fully saturated rings. The molecular weight excluding hydrogens is 274 g/mol. The minimum atomic E-state index is -0.742. The van der Waals surface area contributed by atoms with Crippen LogP contribution in [0.1, 0.15) is 35.6 Å². The van der Waals surface area contributed by atoms with Crippen LogP contribution in [-0.4, -0.2) is 40.7 Å². The van der Waals surface area contributed by atoms with Crippen LogP contribution in [0.4, 0.5) is 5.82 Å². The van der Waals surface area contributed by atoms with E-state index in [1.807, 2.05) is 0 Å². The number of methoxy groups -OCH3 is 1. The van der Waals surface area contributed by atoms with Crippen molar-refractivity contribution in [2.24, 2.45) is 11.8 Å². The fraction of sp³-hybridized carbons (Fsp3) is 0.571. The average Bonchev–Trinajstić information content (AvgIpc) is 2.92. The third-order valence-corrected chi connectivity index (χ3v) is 3.74. The van der Waals surface area contributed by atoms with Gasteiger partial charge in [0.25, 0.3) is 0 Å². The molecule has 7 nitrogen and oxygen atoms in total.